The van der Waals surface area contributed by atoms with Gasteiger partial charge in [-0.2, -0.15) is 5.26 Å². The Hall–Kier alpha value is -0.0300. The van der Waals surface area contributed by atoms with E-state index in [-0.39, 0.29) is 9.74 Å². The zero-order valence-electron chi connectivity index (χ0n) is 7.15. The van der Waals surface area contributed by atoms with Crippen LogP contribution in [0.4, 0.5) is 0 Å². The van der Waals surface area contributed by atoms with Crippen molar-refractivity contribution in [3.05, 3.63) is 0 Å². The summed E-state index contributed by atoms with van der Waals surface area (Å²) < 4.78 is -0.266. The highest BCUT2D eigenvalue weighted by atomic mass is 79.9. The molecule has 1 nitrogen and oxygen atoms in total. The van der Waals surface area contributed by atoms with Gasteiger partial charge in [-0.3, -0.25) is 0 Å². The minimum absolute atomic E-state index is 0.139. The van der Waals surface area contributed by atoms with E-state index in [4.69, 9.17) is 5.26 Å². The molecule has 0 radical (unpaired) electrons. The zero-order valence-corrected chi connectivity index (χ0v) is 8.74. The summed E-state index contributed by atoms with van der Waals surface area (Å²) in [7, 11) is 0. The highest BCUT2D eigenvalue weighted by Gasteiger charge is 2.44. The third kappa shape index (κ3) is 1.44. The van der Waals surface area contributed by atoms with Crippen LogP contribution in [0.5, 0.6) is 0 Å². The van der Waals surface area contributed by atoms with Gasteiger partial charge < -0.3 is 0 Å². The molecule has 0 aromatic carbocycles. The summed E-state index contributed by atoms with van der Waals surface area (Å²) in [5.41, 5.74) is 0.139. The largest absolute Gasteiger partial charge is 0.197 e. The summed E-state index contributed by atoms with van der Waals surface area (Å²) in [4.78, 5) is 0. The first-order valence-electron chi connectivity index (χ1n) is 4.12. The van der Waals surface area contributed by atoms with Gasteiger partial charge in [0, 0.05) is 0 Å². The predicted octanol–water partition coefficient (Wildman–Crippen LogP) is 3.24. The van der Waals surface area contributed by atoms with Crippen LogP contribution < -0.4 is 0 Å². The van der Waals surface area contributed by atoms with Crippen molar-refractivity contribution in [3.8, 4) is 6.07 Å². The second kappa shape index (κ2) is 2.79. The van der Waals surface area contributed by atoms with Gasteiger partial charge in [0.25, 0.3) is 0 Å². The Morgan fingerprint density at radius 3 is 2.18 bits per heavy atom. The molecule has 0 aliphatic heterocycles. The third-order valence-electron chi connectivity index (χ3n) is 2.82. The normalized spacial score (nSPS) is 36.2. The van der Waals surface area contributed by atoms with Gasteiger partial charge >= 0.3 is 0 Å². The number of nitrogens with zero attached hydrogens (tertiary/aromatic N) is 1. The average Bonchev–Trinajstić information content (AvgIpc) is 1.95. The quantitative estimate of drug-likeness (QED) is 0.570. The Labute approximate surface area is 76.9 Å². The molecule has 0 N–H and O–H groups in total. The standard InChI is InChI=1S/C9H14BrN/c1-8(2)5-3-4-6-9(8,10)7-11/h3-6H2,1-2H3. The Kier molecular flexibility index (Phi) is 2.29. The van der Waals surface area contributed by atoms with Gasteiger partial charge in [0.15, 0.2) is 0 Å². The van der Waals surface area contributed by atoms with Crippen LogP contribution in [0, 0.1) is 16.7 Å². The molecule has 1 atom stereocenters. The summed E-state index contributed by atoms with van der Waals surface area (Å²) in [6.07, 6.45) is 4.60. The fourth-order valence-corrected chi connectivity index (χ4v) is 2.16. The van der Waals surface area contributed by atoms with Gasteiger partial charge in [0.1, 0.15) is 4.32 Å². The molecule has 0 spiro atoms. The Morgan fingerprint density at radius 1 is 1.27 bits per heavy atom. The van der Waals surface area contributed by atoms with Crippen LogP contribution in [0.25, 0.3) is 0 Å². The fraction of sp³-hybridized carbons (Fsp3) is 0.889. The molecule has 1 rings (SSSR count). The number of halogens is 1. The van der Waals surface area contributed by atoms with Gasteiger partial charge in [-0.25, -0.2) is 0 Å². The first-order valence-corrected chi connectivity index (χ1v) is 4.91. The summed E-state index contributed by atoms with van der Waals surface area (Å²) in [6.45, 7) is 4.34. The van der Waals surface area contributed by atoms with E-state index in [0.29, 0.717) is 0 Å². The SMILES string of the molecule is CC1(C)CCCCC1(Br)C#N. The molecule has 1 unspecified atom stereocenters. The fourth-order valence-electron chi connectivity index (χ4n) is 1.68. The number of hydrogen-bond acceptors (Lipinski definition) is 1. The topological polar surface area (TPSA) is 23.8 Å². The van der Waals surface area contributed by atoms with E-state index >= 15 is 0 Å². The van der Waals surface area contributed by atoms with Gasteiger partial charge in [0.2, 0.25) is 0 Å². The van der Waals surface area contributed by atoms with E-state index in [9.17, 15) is 0 Å². The molecule has 0 aromatic heterocycles. The summed E-state index contributed by atoms with van der Waals surface area (Å²) in [6, 6.07) is 2.39. The number of rotatable bonds is 0. The van der Waals surface area contributed by atoms with Crippen LogP contribution in [-0.4, -0.2) is 4.32 Å². The molecule has 0 heterocycles. The lowest BCUT2D eigenvalue weighted by molar-refractivity contribution is 0.216. The third-order valence-corrected chi connectivity index (χ3v) is 4.47. The molecule has 62 valence electrons. The molecular formula is C9H14BrN. The molecule has 0 aromatic rings. The molecule has 11 heavy (non-hydrogen) atoms. The molecule has 2 heteroatoms. The van der Waals surface area contributed by atoms with Crippen LogP contribution in [0.1, 0.15) is 39.5 Å². The summed E-state index contributed by atoms with van der Waals surface area (Å²) in [5, 5.41) is 8.99. The van der Waals surface area contributed by atoms with Crippen LogP contribution in [0.2, 0.25) is 0 Å². The van der Waals surface area contributed by atoms with Crippen molar-refractivity contribution in [1.82, 2.24) is 0 Å². The highest BCUT2D eigenvalue weighted by Crippen LogP contribution is 2.48. The average molecular weight is 216 g/mol. The van der Waals surface area contributed by atoms with Crippen molar-refractivity contribution in [2.24, 2.45) is 5.41 Å². The van der Waals surface area contributed by atoms with Crippen LogP contribution in [0.3, 0.4) is 0 Å². The Morgan fingerprint density at radius 2 is 1.82 bits per heavy atom. The maximum Gasteiger partial charge on any atom is 0.117 e. The van der Waals surface area contributed by atoms with E-state index in [1.54, 1.807) is 0 Å². The number of alkyl halides is 1. The van der Waals surface area contributed by atoms with Crippen molar-refractivity contribution >= 4 is 15.9 Å². The molecule has 0 saturated heterocycles. The minimum atomic E-state index is -0.266. The van der Waals surface area contributed by atoms with Crippen molar-refractivity contribution in [3.63, 3.8) is 0 Å². The maximum absolute atomic E-state index is 8.99. The first kappa shape index (κ1) is 9.06. The van der Waals surface area contributed by atoms with Crippen LogP contribution in [-0.2, 0) is 0 Å². The Balaban J connectivity index is 2.85. The summed E-state index contributed by atoms with van der Waals surface area (Å²) >= 11 is 3.56. The zero-order chi connectivity index (χ0) is 8.54. The van der Waals surface area contributed by atoms with E-state index in [1.807, 2.05) is 0 Å². The van der Waals surface area contributed by atoms with Gasteiger partial charge in [-0.15, -0.1) is 0 Å². The van der Waals surface area contributed by atoms with E-state index in [1.165, 1.54) is 12.8 Å². The van der Waals surface area contributed by atoms with Gasteiger partial charge in [0.05, 0.1) is 6.07 Å². The lowest BCUT2D eigenvalue weighted by Gasteiger charge is -2.41. The molecule has 1 aliphatic carbocycles. The van der Waals surface area contributed by atoms with Crippen molar-refractivity contribution < 1.29 is 0 Å². The van der Waals surface area contributed by atoms with Crippen LogP contribution >= 0.6 is 15.9 Å². The van der Waals surface area contributed by atoms with E-state index < -0.39 is 0 Å². The van der Waals surface area contributed by atoms with Crippen LogP contribution in [0.15, 0.2) is 0 Å². The van der Waals surface area contributed by atoms with Crippen molar-refractivity contribution in [2.45, 2.75) is 43.9 Å². The monoisotopic (exact) mass is 215 g/mol. The second-order valence-electron chi connectivity index (χ2n) is 4.00. The lowest BCUT2D eigenvalue weighted by Crippen LogP contribution is -2.40. The van der Waals surface area contributed by atoms with Gasteiger partial charge in [-0.05, 0) is 18.3 Å². The van der Waals surface area contributed by atoms with E-state index in [0.717, 1.165) is 12.8 Å². The molecule has 1 aliphatic rings. The smallest absolute Gasteiger partial charge is 0.117 e. The van der Waals surface area contributed by atoms with Crippen molar-refractivity contribution in [1.29, 1.82) is 5.26 Å². The predicted molar refractivity (Wildman–Crippen MR) is 49.5 cm³/mol. The molecular weight excluding hydrogens is 202 g/mol. The van der Waals surface area contributed by atoms with Crippen molar-refractivity contribution in [2.75, 3.05) is 0 Å². The highest BCUT2D eigenvalue weighted by molar-refractivity contribution is 9.10. The van der Waals surface area contributed by atoms with E-state index in [2.05, 4.69) is 35.8 Å². The number of hydrogen-bond donors (Lipinski definition) is 0. The molecule has 1 fully saturated rings. The van der Waals surface area contributed by atoms with Gasteiger partial charge in [-0.1, -0.05) is 42.6 Å². The lowest BCUT2D eigenvalue weighted by atomic mass is 9.69. The summed E-state index contributed by atoms with van der Waals surface area (Å²) in [5.74, 6) is 0. The first-order chi connectivity index (χ1) is 5.02. The second-order valence-corrected chi connectivity index (χ2v) is 5.36. The Bertz CT molecular complexity index is 192. The molecule has 0 amide bonds. The molecule has 1 saturated carbocycles. The maximum atomic E-state index is 8.99. The minimum Gasteiger partial charge on any atom is -0.197 e. The molecule has 0 bridgehead atoms. The number of nitriles is 1.